The van der Waals surface area contributed by atoms with Gasteiger partial charge in [0.25, 0.3) is 0 Å². The fourth-order valence-corrected chi connectivity index (χ4v) is 5.89. The molecule has 1 aliphatic heterocycles. The van der Waals surface area contributed by atoms with Crippen molar-refractivity contribution in [2.45, 2.75) is 58.1 Å². The van der Waals surface area contributed by atoms with Gasteiger partial charge >= 0.3 is 6.09 Å². The van der Waals surface area contributed by atoms with Crippen molar-refractivity contribution >= 4 is 33.5 Å². The number of aliphatic hydroxyl groups excluding tert-OH is 1. The summed E-state index contributed by atoms with van der Waals surface area (Å²) in [5.74, 6) is -0.254. The third-order valence-corrected chi connectivity index (χ3v) is 8.28. The van der Waals surface area contributed by atoms with Gasteiger partial charge in [0.2, 0.25) is 5.91 Å². The highest BCUT2D eigenvalue weighted by molar-refractivity contribution is 5.84. The van der Waals surface area contributed by atoms with E-state index >= 15 is 0 Å². The molecule has 4 aromatic carbocycles. The molecule has 2 amide bonds. The first-order valence-electron chi connectivity index (χ1n) is 15.7. The first-order valence-corrected chi connectivity index (χ1v) is 15.7. The number of nitrogens with one attached hydrogen (secondary N) is 1. The van der Waals surface area contributed by atoms with Gasteiger partial charge < -0.3 is 20.1 Å². The zero-order valence-corrected chi connectivity index (χ0v) is 26.0. The highest BCUT2D eigenvalue weighted by Gasteiger charge is 2.30. The van der Waals surface area contributed by atoms with Crippen LogP contribution in [0.3, 0.4) is 0 Å². The zero-order chi connectivity index (χ0) is 31.1. The van der Waals surface area contributed by atoms with E-state index in [-0.39, 0.29) is 36.5 Å². The Balaban J connectivity index is 1.28. The average molecular weight is 593 g/mol. The number of rotatable bonds is 9. The second kappa shape index (κ2) is 14.1. The molecule has 0 radical (unpaired) electrons. The quantitative estimate of drug-likeness (QED) is 0.204. The van der Waals surface area contributed by atoms with Gasteiger partial charge in [-0.05, 0) is 79.1 Å². The van der Waals surface area contributed by atoms with Crippen LogP contribution in [0.4, 0.5) is 4.79 Å². The summed E-state index contributed by atoms with van der Waals surface area (Å²) in [4.78, 5) is 27.7. The summed E-state index contributed by atoms with van der Waals surface area (Å²) in [6.07, 6.45) is 6.30. The van der Waals surface area contributed by atoms with Crippen molar-refractivity contribution in [3.05, 3.63) is 108 Å². The smallest absolute Gasteiger partial charge is 0.410 e. The highest BCUT2D eigenvalue weighted by Crippen LogP contribution is 2.23. The maximum absolute atomic E-state index is 13.5. The lowest BCUT2D eigenvalue weighted by Crippen LogP contribution is -2.46. The maximum Gasteiger partial charge on any atom is 0.410 e. The van der Waals surface area contributed by atoms with Crippen LogP contribution in [0.1, 0.15) is 44.7 Å². The Morgan fingerprint density at radius 1 is 0.841 bits per heavy atom. The second-order valence-electron chi connectivity index (χ2n) is 13.0. The first kappa shape index (κ1) is 31.3. The number of carbonyl (C=O) groups is 2. The van der Waals surface area contributed by atoms with Gasteiger partial charge in [0, 0.05) is 31.5 Å². The molecule has 1 aliphatic rings. The number of carbonyl (C=O) groups excluding carboxylic acids is 2. The summed E-state index contributed by atoms with van der Waals surface area (Å²) in [7, 11) is 0. The van der Waals surface area contributed by atoms with Crippen molar-refractivity contribution in [2.75, 3.05) is 19.7 Å². The van der Waals surface area contributed by atoms with Crippen LogP contribution in [0.2, 0.25) is 0 Å². The number of amides is 2. The maximum atomic E-state index is 13.5. The molecule has 0 bridgehead atoms. The lowest BCUT2D eigenvalue weighted by molar-refractivity contribution is -0.126. The number of benzene rings is 4. The number of hydrogen-bond acceptors (Lipinski definition) is 4. The minimum absolute atomic E-state index is 0.000597. The monoisotopic (exact) mass is 592 g/mol. The van der Waals surface area contributed by atoms with Crippen molar-refractivity contribution in [2.24, 2.45) is 11.8 Å². The molecule has 44 heavy (non-hydrogen) atoms. The molecule has 2 N–H and O–H groups in total. The summed E-state index contributed by atoms with van der Waals surface area (Å²) >= 11 is 0. The summed E-state index contributed by atoms with van der Waals surface area (Å²) < 4.78 is 5.52. The predicted molar refractivity (Wildman–Crippen MR) is 177 cm³/mol. The lowest BCUT2D eigenvalue weighted by atomic mass is 9.94. The Bertz CT molecular complexity index is 1610. The Kier molecular flexibility index (Phi) is 10.0. The van der Waals surface area contributed by atoms with Crippen molar-refractivity contribution < 1.29 is 19.4 Å². The summed E-state index contributed by atoms with van der Waals surface area (Å²) in [6, 6.07) is 29.2. The molecular formula is C38H44N2O4. The summed E-state index contributed by atoms with van der Waals surface area (Å²) in [5, 5.41) is 18.3. The minimum Gasteiger partial charge on any atom is -0.444 e. The fraction of sp³-hybridized carbons (Fsp3) is 0.368. The second-order valence-corrected chi connectivity index (χ2v) is 13.0. The van der Waals surface area contributed by atoms with Gasteiger partial charge in [-0.2, -0.15) is 0 Å². The molecular weight excluding hydrogens is 548 g/mol. The molecule has 1 saturated heterocycles. The van der Waals surface area contributed by atoms with E-state index in [9.17, 15) is 14.7 Å². The third-order valence-electron chi connectivity index (χ3n) is 8.28. The van der Waals surface area contributed by atoms with E-state index in [1.165, 1.54) is 21.7 Å². The van der Waals surface area contributed by atoms with Gasteiger partial charge in [-0.1, -0.05) is 97.1 Å². The van der Waals surface area contributed by atoms with Crippen LogP contribution in [-0.4, -0.2) is 53.3 Å². The van der Waals surface area contributed by atoms with Crippen LogP contribution in [0.15, 0.2) is 97.1 Å². The van der Waals surface area contributed by atoms with E-state index in [0.29, 0.717) is 38.8 Å². The number of piperidine rings is 1. The number of likely N-dealkylation sites (tertiary alicyclic amines) is 1. The van der Waals surface area contributed by atoms with Crippen molar-refractivity contribution in [3.8, 4) is 0 Å². The molecule has 6 nitrogen and oxygen atoms in total. The van der Waals surface area contributed by atoms with Crippen LogP contribution in [0, 0.1) is 11.8 Å². The molecule has 2 atom stereocenters. The molecule has 5 rings (SSSR count). The Morgan fingerprint density at radius 3 is 1.93 bits per heavy atom. The molecule has 1 unspecified atom stereocenters. The molecule has 4 aromatic rings. The Morgan fingerprint density at radius 2 is 1.39 bits per heavy atom. The van der Waals surface area contributed by atoms with Crippen molar-refractivity contribution in [1.82, 2.24) is 10.2 Å². The molecule has 1 fully saturated rings. The van der Waals surface area contributed by atoms with Crippen LogP contribution in [-0.2, 0) is 22.4 Å². The fourth-order valence-electron chi connectivity index (χ4n) is 5.89. The lowest BCUT2D eigenvalue weighted by Gasteiger charge is -2.33. The van der Waals surface area contributed by atoms with E-state index in [1.54, 1.807) is 4.90 Å². The van der Waals surface area contributed by atoms with Crippen molar-refractivity contribution in [3.63, 3.8) is 0 Å². The van der Waals surface area contributed by atoms with Crippen LogP contribution < -0.4 is 5.32 Å². The highest BCUT2D eigenvalue weighted by atomic mass is 16.6. The number of fused-ring (bicyclic) bond motifs is 2. The molecule has 0 aliphatic carbocycles. The van der Waals surface area contributed by atoms with E-state index in [1.807, 2.05) is 57.2 Å². The number of hydrogen-bond donors (Lipinski definition) is 2. The Hall–Kier alpha value is -4.16. The van der Waals surface area contributed by atoms with E-state index < -0.39 is 5.60 Å². The van der Waals surface area contributed by atoms with Crippen molar-refractivity contribution in [1.29, 1.82) is 0 Å². The normalized spacial score (nSPS) is 15.9. The number of nitrogens with zero attached hydrogens (tertiary/aromatic N) is 1. The van der Waals surface area contributed by atoms with Crippen LogP contribution >= 0.6 is 0 Å². The minimum atomic E-state index is -0.547. The van der Waals surface area contributed by atoms with Crippen LogP contribution in [0.5, 0.6) is 0 Å². The zero-order valence-electron chi connectivity index (χ0n) is 26.0. The molecule has 0 spiro atoms. The van der Waals surface area contributed by atoms with Gasteiger partial charge in [-0.3, -0.25) is 4.79 Å². The van der Waals surface area contributed by atoms with E-state index in [2.05, 4.69) is 66.0 Å². The largest absolute Gasteiger partial charge is 0.444 e. The van der Waals surface area contributed by atoms with E-state index in [4.69, 9.17) is 4.74 Å². The molecule has 230 valence electrons. The SMILES string of the molecule is CC(C)(C)OC(=O)N1CCC(C(=O)N[C@@H](/C=C/C(CO)Cc2ccc3ccccc3c2)Cc2ccc3ccccc3c2)CC1. The van der Waals surface area contributed by atoms with E-state index in [0.717, 1.165) is 10.9 Å². The third kappa shape index (κ3) is 8.48. The van der Waals surface area contributed by atoms with Gasteiger partial charge in [0.1, 0.15) is 5.60 Å². The van der Waals surface area contributed by atoms with Gasteiger partial charge in [0.05, 0.1) is 6.04 Å². The van der Waals surface area contributed by atoms with Gasteiger partial charge in [-0.25, -0.2) is 4.79 Å². The topological polar surface area (TPSA) is 78.9 Å². The molecule has 1 heterocycles. The Labute approximate surface area is 260 Å². The number of ether oxygens (including phenoxy) is 1. The average Bonchev–Trinajstić information content (AvgIpc) is 3.02. The standard InChI is InChI=1S/C38H44N2O4/c1-38(2,3)44-37(43)40-20-18-32(19-21-40)36(42)39-35(25-28-13-16-31-9-5-7-11-34(31)24-28)17-14-29(26-41)22-27-12-15-30-8-4-6-10-33(30)23-27/h4-17,23-24,29,32,35,41H,18-22,25-26H2,1-3H3,(H,39,42)/b17-14+/t29?,35-/m0/s1. The number of aliphatic hydroxyl groups is 1. The summed E-state index contributed by atoms with van der Waals surface area (Å²) in [5.41, 5.74) is 1.75. The van der Waals surface area contributed by atoms with Gasteiger partial charge in [0.15, 0.2) is 0 Å². The first-order chi connectivity index (χ1) is 21.2. The molecule has 0 saturated carbocycles. The van der Waals surface area contributed by atoms with Crippen LogP contribution in [0.25, 0.3) is 21.5 Å². The molecule has 6 heteroatoms. The predicted octanol–water partition coefficient (Wildman–Crippen LogP) is 7.07. The molecule has 0 aromatic heterocycles. The van der Waals surface area contributed by atoms with Gasteiger partial charge in [-0.15, -0.1) is 0 Å². The summed E-state index contributed by atoms with van der Waals surface area (Å²) in [6.45, 7) is 6.59.